The molecule has 0 bridgehead atoms. The van der Waals surface area contributed by atoms with Crippen molar-refractivity contribution in [2.45, 2.75) is 25.6 Å². The number of anilines is 1. The van der Waals surface area contributed by atoms with Crippen LogP contribution in [0.15, 0.2) is 40.2 Å². The van der Waals surface area contributed by atoms with Crippen LogP contribution in [0.4, 0.5) is 18.9 Å². The number of hydrogen-bond acceptors (Lipinski definition) is 2. The quantitative estimate of drug-likeness (QED) is 0.748. The summed E-state index contributed by atoms with van der Waals surface area (Å²) in [6.45, 7) is 1.88. The highest BCUT2D eigenvalue weighted by molar-refractivity contribution is 9.10. The molecular formula is C14H13BrF3NS. The lowest BCUT2D eigenvalue weighted by Gasteiger charge is -2.19. The van der Waals surface area contributed by atoms with Crippen LogP contribution in [0.1, 0.15) is 17.4 Å². The number of rotatable bonds is 4. The lowest BCUT2D eigenvalue weighted by Crippen LogP contribution is -2.20. The van der Waals surface area contributed by atoms with Gasteiger partial charge in [-0.1, -0.05) is 22.0 Å². The van der Waals surface area contributed by atoms with Gasteiger partial charge in [-0.05, 0) is 36.6 Å². The second-order valence-corrected chi connectivity index (χ2v) is 6.46. The van der Waals surface area contributed by atoms with Gasteiger partial charge in [0.05, 0.1) is 5.56 Å². The summed E-state index contributed by atoms with van der Waals surface area (Å²) in [5.74, 6) is 0. The fourth-order valence-electron chi connectivity index (χ4n) is 1.93. The van der Waals surface area contributed by atoms with Crippen LogP contribution >= 0.6 is 27.3 Å². The molecule has 1 atom stereocenters. The Morgan fingerprint density at radius 2 is 2.05 bits per heavy atom. The van der Waals surface area contributed by atoms with Crippen LogP contribution in [0.2, 0.25) is 0 Å². The van der Waals surface area contributed by atoms with Crippen molar-refractivity contribution in [3.05, 3.63) is 50.6 Å². The van der Waals surface area contributed by atoms with Crippen molar-refractivity contribution in [1.29, 1.82) is 0 Å². The van der Waals surface area contributed by atoms with Crippen molar-refractivity contribution in [1.82, 2.24) is 0 Å². The van der Waals surface area contributed by atoms with Crippen LogP contribution in [0.5, 0.6) is 0 Å². The minimum absolute atomic E-state index is 0.0796. The monoisotopic (exact) mass is 363 g/mol. The second kappa shape index (κ2) is 6.18. The Kier molecular flexibility index (Phi) is 4.75. The number of nitrogens with one attached hydrogen (secondary N) is 1. The van der Waals surface area contributed by atoms with Gasteiger partial charge in [0.2, 0.25) is 0 Å². The molecule has 1 unspecified atom stereocenters. The van der Waals surface area contributed by atoms with Crippen molar-refractivity contribution in [2.75, 3.05) is 5.32 Å². The summed E-state index contributed by atoms with van der Waals surface area (Å²) in [5.41, 5.74) is -0.533. The van der Waals surface area contributed by atoms with E-state index in [0.29, 0.717) is 10.9 Å². The van der Waals surface area contributed by atoms with E-state index in [9.17, 15) is 13.2 Å². The highest BCUT2D eigenvalue weighted by Gasteiger charge is 2.33. The van der Waals surface area contributed by atoms with Gasteiger partial charge in [-0.2, -0.15) is 13.2 Å². The van der Waals surface area contributed by atoms with Gasteiger partial charge in [-0.25, -0.2) is 0 Å². The zero-order valence-electron chi connectivity index (χ0n) is 10.7. The van der Waals surface area contributed by atoms with Gasteiger partial charge in [0.25, 0.3) is 0 Å². The summed E-state index contributed by atoms with van der Waals surface area (Å²) < 4.78 is 39.5. The summed E-state index contributed by atoms with van der Waals surface area (Å²) in [5, 5.41) is 4.91. The first-order chi connectivity index (χ1) is 9.36. The van der Waals surface area contributed by atoms with Gasteiger partial charge in [0, 0.05) is 27.5 Å². The Labute approximate surface area is 128 Å². The van der Waals surface area contributed by atoms with E-state index in [2.05, 4.69) is 21.2 Å². The van der Waals surface area contributed by atoms with Crippen LogP contribution in [0, 0.1) is 0 Å². The van der Waals surface area contributed by atoms with Gasteiger partial charge >= 0.3 is 6.18 Å². The summed E-state index contributed by atoms with van der Waals surface area (Å²) in [6.07, 6.45) is -3.66. The molecule has 6 heteroatoms. The number of benzene rings is 1. The predicted molar refractivity (Wildman–Crippen MR) is 80.3 cm³/mol. The fraction of sp³-hybridized carbons (Fsp3) is 0.286. The number of halogens is 4. The fourth-order valence-corrected chi connectivity index (χ4v) is 3.13. The third-order valence-corrected chi connectivity index (χ3v) is 4.17. The average Bonchev–Trinajstić information content (AvgIpc) is 2.79. The summed E-state index contributed by atoms with van der Waals surface area (Å²) in [4.78, 5) is 1.15. The summed E-state index contributed by atoms with van der Waals surface area (Å²) in [6, 6.07) is 7.79. The number of alkyl halides is 3. The molecule has 0 aliphatic heterocycles. The molecule has 0 aliphatic carbocycles. The molecule has 0 saturated carbocycles. The topological polar surface area (TPSA) is 12.0 Å². The standard InChI is InChI=1S/C14H13BrF3NS/c1-9(7-11-3-2-6-20-11)19-13-8-10(15)4-5-12(13)14(16,17)18/h2-6,8-9,19H,7H2,1H3. The molecule has 1 aromatic heterocycles. The first kappa shape index (κ1) is 15.4. The maximum Gasteiger partial charge on any atom is 0.418 e. The highest BCUT2D eigenvalue weighted by atomic mass is 79.9. The van der Waals surface area contributed by atoms with E-state index in [1.165, 1.54) is 12.1 Å². The zero-order chi connectivity index (χ0) is 14.8. The molecule has 0 saturated heterocycles. The molecule has 1 nitrogen and oxygen atoms in total. The molecule has 0 aliphatic rings. The largest absolute Gasteiger partial charge is 0.418 e. The molecule has 0 radical (unpaired) electrons. The Morgan fingerprint density at radius 3 is 2.65 bits per heavy atom. The highest BCUT2D eigenvalue weighted by Crippen LogP contribution is 2.36. The van der Waals surface area contributed by atoms with E-state index in [1.807, 2.05) is 24.4 Å². The molecule has 20 heavy (non-hydrogen) atoms. The van der Waals surface area contributed by atoms with Gasteiger partial charge in [0.15, 0.2) is 0 Å². The molecule has 0 spiro atoms. The molecule has 2 aromatic rings. The van der Waals surface area contributed by atoms with E-state index in [4.69, 9.17) is 0 Å². The lowest BCUT2D eigenvalue weighted by atomic mass is 10.1. The van der Waals surface area contributed by atoms with Crippen LogP contribution < -0.4 is 5.32 Å². The number of thiophene rings is 1. The molecular weight excluding hydrogens is 351 g/mol. The molecule has 2 rings (SSSR count). The summed E-state index contributed by atoms with van der Waals surface area (Å²) in [7, 11) is 0. The maximum absolute atomic E-state index is 13.0. The van der Waals surface area contributed by atoms with Crippen LogP contribution in [0.25, 0.3) is 0 Å². The van der Waals surface area contributed by atoms with Gasteiger partial charge < -0.3 is 5.32 Å². The minimum atomic E-state index is -4.36. The first-order valence-electron chi connectivity index (χ1n) is 6.02. The SMILES string of the molecule is CC(Cc1cccs1)Nc1cc(Br)ccc1C(F)(F)F. The van der Waals surface area contributed by atoms with E-state index >= 15 is 0 Å². The third kappa shape index (κ3) is 3.99. The predicted octanol–water partition coefficient (Wildman–Crippen LogP) is 5.57. The Morgan fingerprint density at radius 1 is 1.30 bits per heavy atom. The summed E-state index contributed by atoms with van der Waals surface area (Å²) >= 11 is 4.81. The van der Waals surface area contributed by atoms with E-state index in [-0.39, 0.29) is 11.7 Å². The third-order valence-electron chi connectivity index (χ3n) is 2.78. The van der Waals surface area contributed by atoms with Gasteiger partial charge in [-0.3, -0.25) is 0 Å². The molecule has 108 valence electrons. The van der Waals surface area contributed by atoms with Crippen molar-refractivity contribution in [3.63, 3.8) is 0 Å². The lowest BCUT2D eigenvalue weighted by molar-refractivity contribution is -0.137. The molecule has 0 amide bonds. The number of hydrogen-bond donors (Lipinski definition) is 1. The average molecular weight is 364 g/mol. The van der Waals surface area contributed by atoms with Gasteiger partial charge in [0.1, 0.15) is 0 Å². The molecule has 1 aromatic carbocycles. The smallest absolute Gasteiger partial charge is 0.382 e. The van der Waals surface area contributed by atoms with Crippen LogP contribution in [-0.2, 0) is 12.6 Å². The van der Waals surface area contributed by atoms with Crippen molar-refractivity contribution < 1.29 is 13.2 Å². The molecule has 1 N–H and O–H groups in total. The van der Waals surface area contributed by atoms with Crippen molar-refractivity contribution in [2.24, 2.45) is 0 Å². The zero-order valence-corrected chi connectivity index (χ0v) is 13.1. The second-order valence-electron chi connectivity index (χ2n) is 4.52. The van der Waals surface area contributed by atoms with E-state index in [1.54, 1.807) is 11.3 Å². The Balaban J connectivity index is 2.17. The van der Waals surface area contributed by atoms with Crippen LogP contribution in [0.3, 0.4) is 0 Å². The van der Waals surface area contributed by atoms with Crippen molar-refractivity contribution in [3.8, 4) is 0 Å². The van der Waals surface area contributed by atoms with E-state index in [0.717, 1.165) is 10.9 Å². The van der Waals surface area contributed by atoms with E-state index < -0.39 is 11.7 Å². The van der Waals surface area contributed by atoms with Crippen LogP contribution in [-0.4, -0.2) is 6.04 Å². The Bertz CT molecular complexity index is 566. The van der Waals surface area contributed by atoms with Gasteiger partial charge in [-0.15, -0.1) is 11.3 Å². The molecule has 0 fully saturated rings. The maximum atomic E-state index is 13.0. The minimum Gasteiger partial charge on any atom is -0.382 e. The first-order valence-corrected chi connectivity index (χ1v) is 7.69. The van der Waals surface area contributed by atoms with Crippen molar-refractivity contribution >= 4 is 33.0 Å². The molecule has 1 heterocycles. The Hall–Kier alpha value is -1.01. The normalized spacial score (nSPS) is 13.2.